The largest absolute Gasteiger partial charge is 0.455 e. The molecule has 0 saturated carbocycles. The van der Waals surface area contributed by atoms with E-state index in [1.54, 1.807) is 12.1 Å². The first-order valence-electron chi connectivity index (χ1n) is 11.4. The molecule has 0 radical (unpaired) electrons. The summed E-state index contributed by atoms with van der Waals surface area (Å²) in [6.07, 6.45) is -0.0137. The Morgan fingerprint density at radius 1 is 0.824 bits per heavy atom. The van der Waals surface area contributed by atoms with Gasteiger partial charge < -0.3 is 9.64 Å². The molecule has 3 aliphatic heterocycles. The minimum Gasteiger partial charge on any atom is -0.455 e. The fraction of sp³-hybridized carbons (Fsp3) is 0.143. The number of hydrogen-bond acceptors (Lipinski definition) is 5. The molecule has 6 nitrogen and oxygen atoms in total. The number of anilines is 1. The lowest BCUT2D eigenvalue weighted by molar-refractivity contribution is -0.384. The van der Waals surface area contributed by atoms with E-state index in [0.29, 0.717) is 0 Å². The van der Waals surface area contributed by atoms with Gasteiger partial charge in [-0.25, -0.2) is 0 Å². The van der Waals surface area contributed by atoms with E-state index in [1.807, 2.05) is 42.5 Å². The summed E-state index contributed by atoms with van der Waals surface area (Å²) in [5, 5.41) is 11.3. The second-order valence-corrected chi connectivity index (χ2v) is 9.06. The van der Waals surface area contributed by atoms with Crippen molar-refractivity contribution in [3.05, 3.63) is 130 Å². The van der Waals surface area contributed by atoms with Gasteiger partial charge in [0.1, 0.15) is 11.9 Å². The molecule has 7 rings (SSSR count). The van der Waals surface area contributed by atoms with Gasteiger partial charge in [0.2, 0.25) is 0 Å². The molecule has 1 unspecified atom stereocenters. The highest BCUT2D eigenvalue weighted by Gasteiger charge is 2.71. The fourth-order valence-electron chi connectivity index (χ4n) is 5.90. The van der Waals surface area contributed by atoms with E-state index < -0.39 is 0 Å². The van der Waals surface area contributed by atoms with Crippen LogP contribution in [0.4, 0.5) is 11.4 Å². The van der Waals surface area contributed by atoms with Crippen LogP contribution in [0.2, 0.25) is 0 Å². The Morgan fingerprint density at radius 2 is 1.50 bits per heavy atom. The molecule has 0 aromatic heterocycles. The predicted molar refractivity (Wildman–Crippen MR) is 129 cm³/mol. The fourth-order valence-corrected chi connectivity index (χ4v) is 5.90. The molecule has 3 aliphatic rings. The summed E-state index contributed by atoms with van der Waals surface area (Å²) in [6, 6.07) is 34.1. The van der Waals surface area contributed by atoms with Crippen molar-refractivity contribution in [3.8, 4) is 11.5 Å². The van der Waals surface area contributed by atoms with Crippen molar-refractivity contribution in [2.45, 2.75) is 17.7 Å². The molecule has 0 amide bonds. The van der Waals surface area contributed by atoms with Crippen LogP contribution in [0, 0.1) is 10.1 Å². The lowest BCUT2D eigenvalue weighted by Crippen LogP contribution is -2.34. The summed E-state index contributed by atoms with van der Waals surface area (Å²) < 4.78 is 6.43. The normalized spacial score (nSPS) is 25.8. The van der Waals surface area contributed by atoms with Crippen LogP contribution in [0.15, 0.2) is 103 Å². The highest BCUT2D eigenvalue weighted by molar-refractivity contribution is 5.69. The molecule has 2 saturated heterocycles. The minimum absolute atomic E-state index is 0.0102. The van der Waals surface area contributed by atoms with E-state index in [9.17, 15) is 10.1 Å². The molecule has 166 valence electrons. The third-order valence-corrected chi connectivity index (χ3v) is 7.36. The molecular formula is C28H21N3O3. The molecule has 3 heterocycles. The van der Waals surface area contributed by atoms with Crippen molar-refractivity contribution in [1.29, 1.82) is 0 Å². The first-order valence-corrected chi connectivity index (χ1v) is 11.4. The van der Waals surface area contributed by atoms with Gasteiger partial charge in [-0.05, 0) is 29.3 Å². The molecule has 6 heteroatoms. The van der Waals surface area contributed by atoms with Crippen LogP contribution in [0.5, 0.6) is 11.5 Å². The van der Waals surface area contributed by atoms with Gasteiger partial charge in [-0.1, -0.05) is 72.8 Å². The van der Waals surface area contributed by atoms with Gasteiger partial charge >= 0.3 is 0 Å². The zero-order valence-electron chi connectivity index (χ0n) is 18.2. The lowest BCUT2D eigenvalue weighted by atomic mass is 9.85. The Hall–Kier alpha value is -4.16. The monoisotopic (exact) mass is 447 g/mol. The highest BCUT2D eigenvalue weighted by atomic mass is 16.6. The standard InChI is InChI=1S/C28H21N3O3/c32-31(33)21-16-14-20(15-17-21)28-18-29(28)27-22-10-4-6-12-24(22)34-25-13-7-5-11-23(25)30(27)26(28)19-8-2-1-3-9-19/h1-17,26-27H,18H2/t26-,27+,28-,29?/m1/s1. The third-order valence-electron chi connectivity index (χ3n) is 7.36. The van der Waals surface area contributed by atoms with Crippen LogP contribution in [0.25, 0.3) is 0 Å². The number of rotatable bonds is 3. The SMILES string of the molecule is O=[N+]([O-])c1ccc([C@@]23CN2[C@@H]2c4ccccc4Oc4ccccc4N2[C@@H]3c2ccccc2)cc1. The van der Waals surface area contributed by atoms with E-state index in [2.05, 4.69) is 58.3 Å². The summed E-state index contributed by atoms with van der Waals surface area (Å²) in [4.78, 5) is 15.9. The number of hydrogen-bond donors (Lipinski definition) is 0. The first kappa shape index (κ1) is 19.3. The molecule has 0 N–H and O–H groups in total. The number of fused-ring (bicyclic) bond motifs is 7. The molecule has 4 aromatic carbocycles. The van der Waals surface area contributed by atoms with Crippen LogP contribution in [0.1, 0.15) is 28.9 Å². The van der Waals surface area contributed by atoms with E-state index >= 15 is 0 Å². The molecule has 0 aliphatic carbocycles. The van der Waals surface area contributed by atoms with Crippen LogP contribution in [-0.2, 0) is 5.54 Å². The smallest absolute Gasteiger partial charge is 0.269 e. The van der Waals surface area contributed by atoms with Gasteiger partial charge in [-0.3, -0.25) is 15.0 Å². The highest BCUT2D eigenvalue weighted by Crippen LogP contribution is 2.68. The molecule has 0 spiro atoms. The van der Waals surface area contributed by atoms with Crippen molar-refractivity contribution < 1.29 is 9.66 Å². The Labute approximate surface area is 196 Å². The number of benzene rings is 4. The maximum atomic E-state index is 11.3. The third kappa shape index (κ3) is 2.54. The topological polar surface area (TPSA) is 58.6 Å². The number of nitro benzene ring substituents is 1. The number of nitro groups is 1. The van der Waals surface area contributed by atoms with Crippen LogP contribution < -0.4 is 9.64 Å². The first-order chi connectivity index (χ1) is 16.7. The quantitative estimate of drug-likeness (QED) is 0.213. The van der Waals surface area contributed by atoms with Crippen molar-refractivity contribution in [2.75, 3.05) is 11.4 Å². The number of ether oxygens (including phenoxy) is 1. The molecule has 2 fully saturated rings. The van der Waals surface area contributed by atoms with Crippen LogP contribution in [-0.4, -0.2) is 16.4 Å². The number of para-hydroxylation sites is 3. The predicted octanol–water partition coefficient (Wildman–Crippen LogP) is 6.17. The molecular weight excluding hydrogens is 426 g/mol. The molecule has 34 heavy (non-hydrogen) atoms. The van der Waals surface area contributed by atoms with Gasteiger partial charge in [0.15, 0.2) is 5.75 Å². The average molecular weight is 447 g/mol. The van der Waals surface area contributed by atoms with E-state index in [0.717, 1.165) is 34.9 Å². The van der Waals surface area contributed by atoms with E-state index in [-0.39, 0.29) is 28.4 Å². The van der Waals surface area contributed by atoms with Crippen LogP contribution >= 0.6 is 0 Å². The Bertz CT molecular complexity index is 1420. The second-order valence-electron chi connectivity index (χ2n) is 9.06. The number of nitrogens with zero attached hydrogens (tertiary/aromatic N) is 3. The summed E-state index contributed by atoms with van der Waals surface area (Å²) in [6.45, 7) is 0.863. The number of non-ortho nitro benzene ring substituents is 1. The summed E-state index contributed by atoms with van der Waals surface area (Å²) in [5.41, 5.74) is 4.29. The maximum Gasteiger partial charge on any atom is 0.269 e. The zero-order chi connectivity index (χ0) is 22.9. The van der Waals surface area contributed by atoms with Gasteiger partial charge in [-0.2, -0.15) is 0 Å². The van der Waals surface area contributed by atoms with Gasteiger partial charge in [-0.15, -0.1) is 0 Å². The maximum absolute atomic E-state index is 11.3. The minimum atomic E-state index is -0.341. The lowest BCUT2D eigenvalue weighted by Gasteiger charge is -2.36. The Kier molecular flexibility index (Phi) is 3.93. The van der Waals surface area contributed by atoms with E-state index in [4.69, 9.17) is 4.74 Å². The van der Waals surface area contributed by atoms with Crippen LogP contribution in [0.3, 0.4) is 0 Å². The Balaban J connectivity index is 1.48. The van der Waals surface area contributed by atoms with Crippen molar-refractivity contribution in [3.63, 3.8) is 0 Å². The van der Waals surface area contributed by atoms with Gasteiger partial charge in [0.25, 0.3) is 5.69 Å². The summed E-state index contributed by atoms with van der Waals surface area (Å²) >= 11 is 0. The van der Waals surface area contributed by atoms with Gasteiger partial charge in [0, 0.05) is 24.2 Å². The van der Waals surface area contributed by atoms with Crippen molar-refractivity contribution in [2.24, 2.45) is 0 Å². The molecule has 0 bridgehead atoms. The van der Waals surface area contributed by atoms with Gasteiger partial charge in [0.05, 0.1) is 22.2 Å². The van der Waals surface area contributed by atoms with Crippen molar-refractivity contribution in [1.82, 2.24) is 4.90 Å². The summed E-state index contributed by atoms with van der Waals surface area (Å²) in [5.74, 6) is 1.69. The van der Waals surface area contributed by atoms with E-state index in [1.165, 1.54) is 5.56 Å². The molecule has 4 atom stereocenters. The second kappa shape index (κ2) is 6.92. The Morgan fingerprint density at radius 3 is 2.26 bits per heavy atom. The van der Waals surface area contributed by atoms with Crippen molar-refractivity contribution >= 4 is 11.4 Å². The average Bonchev–Trinajstić information content (AvgIpc) is 3.57. The molecule has 4 aromatic rings. The zero-order valence-corrected chi connectivity index (χ0v) is 18.2. The summed E-state index contributed by atoms with van der Waals surface area (Å²) in [7, 11) is 0.